The third-order valence-electron chi connectivity index (χ3n) is 2.76. The van der Waals surface area contributed by atoms with E-state index in [1.54, 1.807) is 0 Å². The van der Waals surface area contributed by atoms with Crippen molar-refractivity contribution in [2.24, 2.45) is 5.92 Å². The number of nitrogens with one attached hydrogen (secondary N) is 1. The van der Waals surface area contributed by atoms with E-state index in [0.29, 0.717) is 0 Å². The molecule has 15 heavy (non-hydrogen) atoms. The fourth-order valence-corrected chi connectivity index (χ4v) is 3.15. The van der Waals surface area contributed by atoms with E-state index in [2.05, 4.69) is 45.5 Å². The van der Waals surface area contributed by atoms with Crippen LogP contribution in [0.25, 0.3) is 0 Å². The molecule has 2 rings (SSSR count). The van der Waals surface area contributed by atoms with Crippen LogP contribution in [-0.4, -0.2) is 18.8 Å². The molecule has 0 atom stereocenters. The van der Waals surface area contributed by atoms with E-state index in [1.807, 2.05) is 11.8 Å². The fraction of sp³-hybridized carbons (Fsp3) is 0.500. The van der Waals surface area contributed by atoms with Crippen LogP contribution in [0, 0.1) is 5.92 Å². The summed E-state index contributed by atoms with van der Waals surface area (Å²) < 4.78 is 1.16. The van der Waals surface area contributed by atoms with E-state index in [4.69, 9.17) is 0 Å². The number of hydrogen-bond acceptors (Lipinski definition) is 2. The molecular weight excluding hydrogens is 270 g/mol. The van der Waals surface area contributed by atoms with Gasteiger partial charge in [-0.15, -0.1) is 11.8 Å². The van der Waals surface area contributed by atoms with Crippen LogP contribution in [0.3, 0.4) is 0 Å². The van der Waals surface area contributed by atoms with Crippen LogP contribution < -0.4 is 5.32 Å². The molecule has 1 fully saturated rings. The van der Waals surface area contributed by atoms with Gasteiger partial charge >= 0.3 is 0 Å². The molecule has 0 bridgehead atoms. The Balaban J connectivity index is 1.79. The lowest BCUT2D eigenvalue weighted by Crippen LogP contribution is -2.28. The second-order valence-electron chi connectivity index (χ2n) is 3.96. The average Bonchev–Trinajstić information content (AvgIpc) is 2.30. The average molecular weight is 286 g/mol. The number of piperidine rings is 1. The van der Waals surface area contributed by atoms with Crippen LogP contribution in [0.5, 0.6) is 0 Å². The maximum Gasteiger partial charge on any atom is 0.0176 e. The summed E-state index contributed by atoms with van der Waals surface area (Å²) in [6.45, 7) is 2.40. The number of thioether (sulfide) groups is 1. The zero-order valence-corrected chi connectivity index (χ0v) is 11.1. The molecule has 1 heterocycles. The van der Waals surface area contributed by atoms with Crippen molar-refractivity contribution < 1.29 is 0 Å². The van der Waals surface area contributed by atoms with Crippen molar-refractivity contribution in [2.45, 2.75) is 17.7 Å². The zero-order valence-electron chi connectivity index (χ0n) is 8.71. The van der Waals surface area contributed by atoms with Crippen LogP contribution >= 0.6 is 27.7 Å². The van der Waals surface area contributed by atoms with Crippen LogP contribution in [-0.2, 0) is 0 Å². The van der Waals surface area contributed by atoms with Crippen LogP contribution in [0.4, 0.5) is 0 Å². The van der Waals surface area contributed by atoms with Gasteiger partial charge in [0.05, 0.1) is 0 Å². The lowest BCUT2D eigenvalue weighted by molar-refractivity contribution is 0.408. The predicted octanol–water partition coefficient (Wildman–Crippen LogP) is 3.54. The molecule has 1 saturated heterocycles. The van der Waals surface area contributed by atoms with Gasteiger partial charge in [-0.3, -0.25) is 0 Å². The zero-order chi connectivity index (χ0) is 10.5. The summed E-state index contributed by atoms with van der Waals surface area (Å²) in [5.74, 6) is 2.17. The Morgan fingerprint density at radius 3 is 2.53 bits per heavy atom. The molecule has 1 aliphatic heterocycles. The molecule has 0 radical (unpaired) electrons. The van der Waals surface area contributed by atoms with Crippen molar-refractivity contribution in [3.8, 4) is 0 Å². The Hall–Kier alpha value is 0.01000. The third-order valence-corrected chi connectivity index (χ3v) is 4.53. The van der Waals surface area contributed by atoms with Crippen LogP contribution in [0.15, 0.2) is 33.6 Å². The summed E-state index contributed by atoms with van der Waals surface area (Å²) in [4.78, 5) is 1.39. The van der Waals surface area contributed by atoms with Gasteiger partial charge in [-0.1, -0.05) is 15.9 Å². The van der Waals surface area contributed by atoms with Crippen LogP contribution in [0.1, 0.15) is 12.8 Å². The van der Waals surface area contributed by atoms with Gasteiger partial charge in [-0.2, -0.15) is 0 Å². The molecular formula is C12H16BrNS. The molecule has 0 amide bonds. The first-order valence-corrected chi connectivity index (χ1v) is 7.21. The Bertz CT molecular complexity index is 293. The highest BCUT2D eigenvalue weighted by molar-refractivity contribution is 9.10. The first kappa shape index (κ1) is 11.5. The predicted molar refractivity (Wildman–Crippen MR) is 70.5 cm³/mol. The Morgan fingerprint density at radius 2 is 1.87 bits per heavy atom. The Kier molecular flexibility index (Phi) is 4.54. The minimum Gasteiger partial charge on any atom is -0.317 e. The van der Waals surface area contributed by atoms with Gasteiger partial charge in [0.2, 0.25) is 0 Å². The second kappa shape index (κ2) is 5.92. The molecule has 1 N–H and O–H groups in total. The highest BCUT2D eigenvalue weighted by atomic mass is 79.9. The lowest BCUT2D eigenvalue weighted by atomic mass is 10.0. The van der Waals surface area contributed by atoms with Gasteiger partial charge in [-0.05, 0) is 56.1 Å². The molecule has 1 aromatic rings. The summed E-state index contributed by atoms with van der Waals surface area (Å²) in [6, 6.07) is 8.61. The monoisotopic (exact) mass is 285 g/mol. The van der Waals surface area contributed by atoms with Gasteiger partial charge in [-0.25, -0.2) is 0 Å². The summed E-state index contributed by atoms with van der Waals surface area (Å²) in [5, 5.41) is 3.40. The Labute approximate surface area is 104 Å². The largest absolute Gasteiger partial charge is 0.317 e. The summed E-state index contributed by atoms with van der Waals surface area (Å²) in [6.07, 6.45) is 2.67. The fourth-order valence-electron chi connectivity index (χ4n) is 1.79. The van der Waals surface area contributed by atoms with Crippen molar-refractivity contribution >= 4 is 27.7 Å². The summed E-state index contributed by atoms with van der Waals surface area (Å²) >= 11 is 5.44. The van der Waals surface area contributed by atoms with E-state index >= 15 is 0 Å². The number of hydrogen-bond donors (Lipinski definition) is 1. The molecule has 1 aromatic carbocycles. The van der Waals surface area contributed by atoms with Gasteiger partial charge < -0.3 is 5.32 Å². The minimum atomic E-state index is 0.903. The number of benzene rings is 1. The quantitative estimate of drug-likeness (QED) is 0.853. The van der Waals surface area contributed by atoms with Gasteiger partial charge in [0, 0.05) is 15.1 Å². The van der Waals surface area contributed by atoms with E-state index in [0.717, 1.165) is 10.4 Å². The van der Waals surface area contributed by atoms with Gasteiger partial charge in [0.15, 0.2) is 0 Å². The topological polar surface area (TPSA) is 12.0 Å². The molecule has 0 spiro atoms. The second-order valence-corrected chi connectivity index (χ2v) is 5.97. The standard InChI is InChI=1S/C12H16BrNS/c13-11-1-3-12(4-2-11)15-9-10-5-7-14-8-6-10/h1-4,10,14H,5-9H2. The van der Waals surface area contributed by atoms with E-state index in [1.165, 1.54) is 36.6 Å². The van der Waals surface area contributed by atoms with E-state index < -0.39 is 0 Å². The van der Waals surface area contributed by atoms with Crippen molar-refractivity contribution in [3.05, 3.63) is 28.7 Å². The molecule has 1 nitrogen and oxygen atoms in total. The molecule has 0 aliphatic carbocycles. The Morgan fingerprint density at radius 1 is 1.20 bits per heavy atom. The first-order chi connectivity index (χ1) is 7.34. The summed E-state index contributed by atoms with van der Waals surface area (Å²) in [5.41, 5.74) is 0. The van der Waals surface area contributed by atoms with Gasteiger partial charge in [0.1, 0.15) is 0 Å². The highest BCUT2D eigenvalue weighted by Crippen LogP contribution is 2.25. The van der Waals surface area contributed by atoms with E-state index in [9.17, 15) is 0 Å². The van der Waals surface area contributed by atoms with Crippen LogP contribution in [0.2, 0.25) is 0 Å². The number of rotatable bonds is 3. The maximum atomic E-state index is 3.46. The third kappa shape index (κ3) is 3.82. The van der Waals surface area contributed by atoms with Crippen molar-refractivity contribution in [3.63, 3.8) is 0 Å². The molecule has 1 aliphatic rings. The lowest BCUT2D eigenvalue weighted by Gasteiger charge is -2.21. The molecule has 3 heteroatoms. The molecule has 0 saturated carbocycles. The number of halogens is 1. The SMILES string of the molecule is Brc1ccc(SCC2CCNCC2)cc1. The van der Waals surface area contributed by atoms with E-state index in [-0.39, 0.29) is 0 Å². The van der Waals surface area contributed by atoms with Crippen molar-refractivity contribution in [1.29, 1.82) is 0 Å². The van der Waals surface area contributed by atoms with Gasteiger partial charge in [0.25, 0.3) is 0 Å². The minimum absolute atomic E-state index is 0.903. The molecule has 0 unspecified atom stereocenters. The summed E-state index contributed by atoms with van der Waals surface area (Å²) in [7, 11) is 0. The maximum absolute atomic E-state index is 3.46. The van der Waals surface area contributed by atoms with Crippen molar-refractivity contribution in [2.75, 3.05) is 18.8 Å². The van der Waals surface area contributed by atoms with Crippen molar-refractivity contribution in [1.82, 2.24) is 5.32 Å². The molecule has 82 valence electrons. The molecule has 0 aromatic heterocycles. The normalized spacial score (nSPS) is 17.9. The smallest absolute Gasteiger partial charge is 0.0176 e. The first-order valence-electron chi connectivity index (χ1n) is 5.44. The highest BCUT2D eigenvalue weighted by Gasteiger charge is 2.12.